The third-order valence-electron chi connectivity index (χ3n) is 3.01. The molecule has 0 aromatic heterocycles. The summed E-state index contributed by atoms with van der Waals surface area (Å²) in [6.45, 7) is 6.41. The number of hydrogen-bond acceptors (Lipinski definition) is 1. The lowest BCUT2D eigenvalue weighted by atomic mass is 9.84. The fraction of sp³-hybridized carbons (Fsp3) is 0.667. The highest BCUT2D eigenvalue weighted by Gasteiger charge is 2.21. The van der Waals surface area contributed by atoms with Crippen molar-refractivity contribution in [3.05, 3.63) is 23.8 Å². The van der Waals surface area contributed by atoms with Crippen LogP contribution in [0.4, 0.5) is 0 Å². The van der Waals surface area contributed by atoms with Gasteiger partial charge in [0.15, 0.2) is 0 Å². The van der Waals surface area contributed by atoms with Gasteiger partial charge in [-0.1, -0.05) is 45.4 Å². The van der Waals surface area contributed by atoms with Gasteiger partial charge in [0.05, 0.1) is 6.10 Å². The fourth-order valence-electron chi connectivity index (χ4n) is 1.70. The fourth-order valence-corrected chi connectivity index (χ4v) is 1.70. The first-order chi connectivity index (χ1) is 6.16. The smallest absolute Gasteiger partial charge is 0.0781 e. The minimum atomic E-state index is -0.245. The van der Waals surface area contributed by atoms with Crippen LogP contribution >= 0.6 is 0 Å². The molecule has 1 aliphatic rings. The van der Waals surface area contributed by atoms with Crippen LogP contribution in [0.3, 0.4) is 0 Å². The topological polar surface area (TPSA) is 20.2 Å². The van der Waals surface area contributed by atoms with Crippen molar-refractivity contribution < 1.29 is 5.11 Å². The van der Waals surface area contributed by atoms with Gasteiger partial charge in [-0.15, -0.1) is 0 Å². The van der Waals surface area contributed by atoms with Gasteiger partial charge in [-0.3, -0.25) is 0 Å². The van der Waals surface area contributed by atoms with Crippen LogP contribution < -0.4 is 0 Å². The molecule has 1 heteroatoms. The Morgan fingerprint density at radius 2 is 2.31 bits per heavy atom. The van der Waals surface area contributed by atoms with E-state index >= 15 is 0 Å². The van der Waals surface area contributed by atoms with Gasteiger partial charge in [0.2, 0.25) is 0 Å². The average Bonchev–Trinajstić information content (AvgIpc) is 2.16. The molecule has 3 unspecified atom stereocenters. The Morgan fingerprint density at radius 3 is 2.85 bits per heavy atom. The van der Waals surface area contributed by atoms with Gasteiger partial charge in [-0.2, -0.15) is 0 Å². The molecule has 0 aromatic rings. The first-order valence-electron chi connectivity index (χ1n) is 5.21. The lowest BCUT2D eigenvalue weighted by Crippen LogP contribution is -2.24. The molecule has 0 aromatic carbocycles. The van der Waals surface area contributed by atoms with Crippen LogP contribution in [0.2, 0.25) is 0 Å². The molecule has 0 saturated carbocycles. The molecule has 1 rings (SSSR count). The molecule has 1 nitrogen and oxygen atoms in total. The Labute approximate surface area is 81.2 Å². The molecule has 0 radical (unpaired) electrons. The normalized spacial score (nSPS) is 26.8. The van der Waals surface area contributed by atoms with E-state index < -0.39 is 0 Å². The Balaban J connectivity index is 2.69. The zero-order chi connectivity index (χ0) is 9.84. The maximum Gasteiger partial charge on any atom is 0.0781 e. The van der Waals surface area contributed by atoms with Crippen LogP contribution in [0.1, 0.15) is 33.6 Å². The standard InChI is InChI=1S/C12H20O/c1-4-9(2)12(13)11-8-6-5-7-10(11)3/h5-6,8-10,12-13H,4,7H2,1-3H3. The molecule has 0 heterocycles. The predicted octanol–water partition coefficient (Wildman–Crippen LogP) is 2.92. The van der Waals surface area contributed by atoms with Gasteiger partial charge in [-0.25, -0.2) is 0 Å². The van der Waals surface area contributed by atoms with Gasteiger partial charge in [0.1, 0.15) is 0 Å². The van der Waals surface area contributed by atoms with E-state index in [1.165, 1.54) is 5.57 Å². The van der Waals surface area contributed by atoms with E-state index in [1.807, 2.05) is 0 Å². The lowest BCUT2D eigenvalue weighted by molar-refractivity contribution is 0.138. The molecule has 0 aliphatic heterocycles. The molecule has 0 saturated heterocycles. The molecule has 0 amide bonds. The number of aliphatic hydroxyl groups excluding tert-OH is 1. The van der Waals surface area contributed by atoms with E-state index in [2.05, 4.69) is 39.0 Å². The summed E-state index contributed by atoms with van der Waals surface area (Å²) in [5.41, 5.74) is 1.21. The number of allylic oxidation sites excluding steroid dienone is 3. The Hall–Kier alpha value is -0.560. The van der Waals surface area contributed by atoms with E-state index in [1.54, 1.807) is 0 Å². The molecule has 1 N–H and O–H groups in total. The van der Waals surface area contributed by atoms with Crippen LogP contribution in [0.25, 0.3) is 0 Å². The lowest BCUT2D eigenvalue weighted by Gasteiger charge is -2.26. The number of hydrogen-bond donors (Lipinski definition) is 1. The van der Waals surface area contributed by atoms with Crippen molar-refractivity contribution in [3.8, 4) is 0 Å². The summed E-state index contributed by atoms with van der Waals surface area (Å²) < 4.78 is 0. The highest BCUT2D eigenvalue weighted by molar-refractivity contribution is 5.23. The Bertz CT molecular complexity index is 215. The second-order valence-electron chi connectivity index (χ2n) is 4.06. The highest BCUT2D eigenvalue weighted by Crippen LogP contribution is 2.27. The third-order valence-corrected chi connectivity index (χ3v) is 3.01. The third kappa shape index (κ3) is 2.44. The van der Waals surface area contributed by atoms with Crippen molar-refractivity contribution in [1.29, 1.82) is 0 Å². The summed E-state index contributed by atoms with van der Waals surface area (Å²) in [4.78, 5) is 0. The Kier molecular flexibility index (Phi) is 3.73. The molecule has 0 bridgehead atoms. The monoisotopic (exact) mass is 180 g/mol. The largest absolute Gasteiger partial charge is 0.388 e. The SMILES string of the molecule is CCC(C)C(O)C1=CC=CCC1C. The van der Waals surface area contributed by atoms with Crippen LogP contribution in [-0.2, 0) is 0 Å². The minimum Gasteiger partial charge on any atom is -0.388 e. The van der Waals surface area contributed by atoms with Gasteiger partial charge in [-0.05, 0) is 23.8 Å². The van der Waals surface area contributed by atoms with Gasteiger partial charge in [0, 0.05) is 0 Å². The van der Waals surface area contributed by atoms with Crippen molar-refractivity contribution in [2.45, 2.75) is 39.7 Å². The second-order valence-corrected chi connectivity index (χ2v) is 4.06. The summed E-state index contributed by atoms with van der Waals surface area (Å²) in [5.74, 6) is 0.884. The molecular formula is C12H20O. The average molecular weight is 180 g/mol. The molecule has 3 atom stereocenters. The predicted molar refractivity (Wildman–Crippen MR) is 56.5 cm³/mol. The summed E-state index contributed by atoms with van der Waals surface area (Å²) in [6, 6.07) is 0. The zero-order valence-corrected chi connectivity index (χ0v) is 8.83. The summed E-state index contributed by atoms with van der Waals surface area (Å²) in [6.07, 6.45) is 8.16. The summed E-state index contributed by atoms with van der Waals surface area (Å²) in [7, 11) is 0. The minimum absolute atomic E-state index is 0.245. The first-order valence-corrected chi connectivity index (χ1v) is 5.21. The van der Waals surface area contributed by atoms with E-state index in [0.717, 1.165) is 12.8 Å². The second kappa shape index (κ2) is 4.61. The van der Waals surface area contributed by atoms with Crippen molar-refractivity contribution in [2.75, 3.05) is 0 Å². The van der Waals surface area contributed by atoms with E-state index in [9.17, 15) is 5.11 Å². The van der Waals surface area contributed by atoms with Gasteiger partial charge in [0.25, 0.3) is 0 Å². The summed E-state index contributed by atoms with van der Waals surface area (Å²) in [5, 5.41) is 10.0. The molecule has 1 aliphatic carbocycles. The molecular weight excluding hydrogens is 160 g/mol. The van der Waals surface area contributed by atoms with Crippen molar-refractivity contribution in [1.82, 2.24) is 0 Å². The molecule has 74 valence electrons. The maximum atomic E-state index is 10.0. The van der Waals surface area contributed by atoms with Crippen LogP contribution in [0.15, 0.2) is 23.8 Å². The highest BCUT2D eigenvalue weighted by atomic mass is 16.3. The van der Waals surface area contributed by atoms with Crippen molar-refractivity contribution >= 4 is 0 Å². The van der Waals surface area contributed by atoms with Gasteiger partial charge < -0.3 is 5.11 Å². The number of rotatable bonds is 3. The number of aliphatic hydroxyl groups is 1. The quantitative estimate of drug-likeness (QED) is 0.708. The Morgan fingerprint density at radius 1 is 1.62 bits per heavy atom. The molecule has 0 fully saturated rings. The van der Waals surface area contributed by atoms with Crippen LogP contribution in [0.5, 0.6) is 0 Å². The van der Waals surface area contributed by atoms with Crippen molar-refractivity contribution in [2.24, 2.45) is 11.8 Å². The van der Waals surface area contributed by atoms with E-state index in [4.69, 9.17) is 0 Å². The maximum absolute atomic E-state index is 10.0. The van der Waals surface area contributed by atoms with Crippen LogP contribution in [0, 0.1) is 11.8 Å². The molecule has 13 heavy (non-hydrogen) atoms. The first kappa shape index (κ1) is 10.5. The van der Waals surface area contributed by atoms with Crippen molar-refractivity contribution in [3.63, 3.8) is 0 Å². The van der Waals surface area contributed by atoms with E-state index in [0.29, 0.717) is 11.8 Å². The zero-order valence-electron chi connectivity index (χ0n) is 8.83. The van der Waals surface area contributed by atoms with Gasteiger partial charge >= 0.3 is 0 Å². The van der Waals surface area contributed by atoms with Crippen LogP contribution in [-0.4, -0.2) is 11.2 Å². The van der Waals surface area contributed by atoms with E-state index in [-0.39, 0.29) is 6.10 Å². The summed E-state index contributed by atoms with van der Waals surface area (Å²) >= 11 is 0. The molecule has 0 spiro atoms.